The van der Waals surface area contributed by atoms with Crippen molar-refractivity contribution in [2.45, 2.75) is 37.9 Å². The highest BCUT2D eigenvalue weighted by atomic mass is 16.1. The summed E-state index contributed by atoms with van der Waals surface area (Å²) in [5, 5.41) is 16.4. The second-order valence-corrected chi connectivity index (χ2v) is 5.66. The molecule has 1 aromatic heterocycles. The van der Waals surface area contributed by atoms with Crippen LogP contribution < -0.4 is 5.32 Å². The molecule has 0 saturated heterocycles. The Morgan fingerprint density at radius 2 is 2.13 bits per heavy atom. The minimum absolute atomic E-state index is 0.0128. The first kappa shape index (κ1) is 15.2. The van der Waals surface area contributed by atoms with E-state index in [1.54, 1.807) is 0 Å². The number of terminal acetylenes is 1. The highest BCUT2D eigenvalue weighted by Crippen LogP contribution is 2.37. The quantitative estimate of drug-likeness (QED) is 0.761. The van der Waals surface area contributed by atoms with Gasteiger partial charge < -0.3 is 5.32 Å². The molecule has 1 aromatic carbocycles. The number of aromatic nitrogens is 2. The fourth-order valence-electron chi connectivity index (χ4n) is 2.58. The minimum Gasteiger partial charge on any atom is -0.354 e. The summed E-state index contributed by atoms with van der Waals surface area (Å²) < 4.78 is 1.90. The Kier molecular flexibility index (Phi) is 4.38. The van der Waals surface area contributed by atoms with Crippen molar-refractivity contribution >= 4 is 16.8 Å². The molecule has 0 aliphatic carbocycles. The van der Waals surface area contributed by atoms with Gasteiger partial charge in [-0.25, -0.2) is 0 Å². The van der Waals surface area contributed by atoms with Crippen LogP contribution in [0.5, 0.6) is 0 Å². The molecule has 0 saturated carbocycles. The molecule has 0 bridgehead atoms. The van der Waals surface area contributed by atoms with E-state index in [-0.39, 0.29) is 11.6 Å². The Morgan fingerprint density at radius 3 is 2.91 bits per heavy atom. The number of hydrogen-bond donors (Lipinski definition) is 1. The average molecular weight is 309 g/mol. The molecule has 0 radical (unpaired) electrons. The first-order chi connectivity index (χ1) is 11.2. The van der Waals surface area contributed by atoms with Gasteiger partial charge in [-0.3, -0.25) is 9.48 Å². The van der Waals surface area contributed by atoms with Crippen molar-refractivity contribution in [2.75, 3.05) is 6.54 Å². The third kappa shape index (κ3) is 3.75. The van der Waals surface area contributed by atoms with Crippen LogP contribution in [0.2, 0.25) is 0 Å². The fourth-order valence-corrected chi connectivity index (χ4v) is 2.58. The molecule has 0 spiro atoms. The number of para-hydroxylation sites is 1. The molecule has 0 fully saturated rings. The third-order valence-corrected chi connectivity index (χ3v) is 4.00. The van der Waals surface area contributed by atoms with Gasteiger partial charge in [0.05, 0.1) is 18.3 Å². The van der Waals surface area contributed by atoms with Gasteiger partial charge in [0.1, 0.15) is 0 Å². The van der Waals surface area contributed by atoms with Gasteiger partial charge in [-0.1, -0.05) is 18.2 Å². The fraction of sp³-hybridized carbons (Fsp3) is 0.412. The Hall–Kier alpha value is -2.68. The maximum atomic E-state index is 11.9. The van der Waals surface area contributed by atoms with Crippen LogP contribution in [-0.4, -0.2) is 27.9 Å². The maximum Gasteiger partial charge on any atom is 0.220 e. The first-order valence-corrected chi connectivity index (χ1v) is 7.77. The van der Waals surface area contributed by atoms with Crippen LogP contribution >= 0.6 is 0 Å². The number of nitrogens with one attached hydrogen (secondary N) is 1. The van der Waals surface area contributed by atoms with E-state index >= 15 is 0 Å². The molecule has 1 aliphatic heterocycles. The van der Waals surface area contributed by atoms with Gasteiger partial charge in [0.2, 0.25) is 5.91 Å². The molecular formula is C17H19N5O. The molecule has 118 valence electrons. The second kappa shape index (κ2) is 6.61. The molecule has 1 aliphatic rings. The van der Waals surface area contributed by atoms with E-state index in [0.29, 0.717) is 32.4 Å². The predicted octanol–water partition coefficient (Wildman–Crippen LogP) is 2.51. The minimum atomic E-state index is -0.387. The van der Waals surface area contributed by atoms with Gasteiger partial charge in [0.25, 0.3) is 0 Å². The standard InChI is InChI=1S/C17H19N5O/c1-2-3-9-17(20-21-17)10-8-16(23)18-11-12-22-15-7-5-4-6-14(15)13-19-22/h1,4-7,13H,3,8-12H2,(H,18,23). The molecule has 1 amide bonds. The van der Waals surface area contributed by atoms with E-state index < -0.39 is 0 Å². The lowest BCUT2D eigenvalue weighted by atomic mass is 10.0. The number of benzene rings is 1. The van der Waals surface area contributed by atoms with Gasteiger partial charge in [-0.15, -0.1) is 12.3 Å². The smallest absolute Gasteiger partial charge is 0.220 e. The number of carbonyl (C=O) groups excluding carboxylic acids is 1. The van der Waals surface area contributed by atoms with E-state index in [1.165, 1.54) is 0 Å². The summed E-state index contributed by atoms with van der Waals surface area (Å²) in [6.07, 6.45) is 9.50. The predicted molar refractivity (Wildman–Crippen MR) is 87.6 cm³/mol. The molecule has 0 unspecified atom stereocenters. The van der Waals surface area contributed by atoms with E-state index in [9.17, 15) is 4.79 Å². The zero-order valence-electron chi connectivity index (χ0n) is 12.9. The summed E-state index contributed by atoms with van der Waals surface area (Å²) in [5.41, 5.74) is 0.688. The van der Waals surface area contributed by atoms with Crippen molar-refractivity contribution in [3.63, 3.8) is 0 Å². The largest absolute Gasteiger partial charge is 0.354 e. The van der Waals surface area contributed by atoms with Crippen molar-refractivity contribution in [3.05, 3.63) is 30.5 Å². The summed E-state index contributed by atoms with van der Waals surface area (Å²) >= 11 is 0. The van der Waals surface area contributed by atoms with Crippen molar-refractivity contribution in [1.82, 2.24) is 15.1 Å². The normalized spacial score (nSPS) is 14.6. The number of carbonyl (C=O) groups is 1. The number of amides is 1. The van der Waals surface area contributed by atoms with Gasteiger partial charge in [-0.2, -0.15) is 15.3 Å². The van der Waals surface area contributed by atoms with Crippen LogP contribution in [0.25, 0.3) is 10.9 Å². The van der Waals surface area contributed by atoms with Crippen molar-refractivity contribution < 1.29 is 4.79 Å². The summed E-state index contributed by atoms with van der Waals surface area (Å²) in [5.74, 6) is 2.60. The molecule has 6 heteroatoms. The Bertz CT molecular complexity index is 765. The molecule has 3 rings (SSSR count). The van der Waals surface area contributed by atoms with Crippen LogP contribution in [0.1, 0.15) is 25.7 Å². The summed E-state index contributed by atoms with van der Waals surface area (Å²) in [6, 6.07) is 8.02. The van der Waals surface area contributed by atoms with E-state index in [1.807, 2.05) is 35.1 Å². The van der Waals surface area contributed by atoms with Crippen molar-refractivity contribution in [1.29, 1.82) is 0 Å². The first-order valence-electron chi connectivity index (χ1n) is 7.77. The topological polar surface area (TPSA) is 71.6 Å². The second-order valence-electron chi connectivity index (χ2n) is 5.66. The van der Waals surface area contributed by atoms with E-state index in [0.717, 1.165) is 17.3 Å². The molecule has 2 aromatic rings. The zero-order chi connectivity index (χ0) is 16.1. The number of fused-ring (bicyclic) bond motifs is 1. The molecule has 23 heavy (non-hydrogen) atoms. The molecule has 0 atom stereocenters. The summed E-state index contributed by atoms with van der Waals surface area (Å²) in [7, 11) is 0. The van der Waals surface area contributed by atoms with E-state index in [4.69, 9.17) is 6.42 Å². The van der Waals surface area contributed by atoms with Crippen molar-refractivity contribution in [3.8, 4) is 12.3 Å². The highest BCUT2D eigenvalue weighted by Gasteiger charge is 2.39. The summed E-state index contributed by atoms with van der Waals surface area (Å²) in [6.45, 7) is 1.20. The van der Waals surface area contributed by atoms with Crippen LogP contribution in [0.15, 0.2) is 40.7 Å². The number of rotatable bonds is 8. The van der Waals surface area contributed by atoms with Crippen LogP contribution in [0.4, 0.5) is 0 Å². The van der Waals surface area contributed by atoms with Gasteiger partial charge in [0, 0.05) is 37.6 Å². The van der Waals surface area contributed by atoms with Gasteiger partial charge >= 0.3 is 0 Å². The molecule has 2 heterocycles. The van der Waals surface area contributed by atoms with Crippen molar-refractivity contribution in [2.24, 2.45) is 10.2 Å². The zero-order valence-corrected chi connectivity index (χ0v) is 12.9. The molecule has 6 nitrogen and oxygen atoms in total. The highest BCUT2D eigenvalue weighted by molar-refractivity contribution is 5.78. The maximum absolute atomic E-state index is 11.9. The molecular weight excluding hydrogens is 290 g/mol. The van der Waals surface area contributed by atoms with E-state index in [2.05, 4.69) is 26.6 Å². The Morgan fingerprint density at radius 1 is 1.30 bits per heavy atom. The number of hydrogen-bond acceptors (Lipinski definition) is 4. The van der Waals surface area contributed by atoms with Crippen LogP contribution in [-0.2, 0) is 11.3 Å². The Balaban J connectivity index is 1.41. The SMILES string of the molecule is C#CCCC1(CCC(=O)NCCn2ncc3ccccc32)N=N1. The summed E-state index contributed by atoms with van der Waals surface area (Å²) in [4.78, 5) is 11.9. The monoisotopic (exact) mass is 309 g/mol. The third-order valence-electron chi connectivity index (χ3n) is 4.00. The Labute approximate surface area is 135 Å². The van der Waals surface area contributed by atoms with Crippen LogP contribution in [0, 0.1) is 12.3 Å². The lowest BCUT2D eigenvalue weighted by Crippen LogP contribution is -2.28. The average Bonchev–Trinajstić information content (AvgIpc) is 3.24. The molecule has 1 N–H and O–H groups in total. The van der Waals surface area contributed by atoms with Gasteiger partial charge in [0.15, 0.2) is 5.66 Å². The lowest BCUT2D eigenvalue weighted by Gasteiger charge is -2.09. The van der Waals surface area contributed by atoms with Gasteiger partial charge in [-0.05, 0) is 6.07 Å². The van der Waals surface area contributed by atoms with Crippen LogP contribution in [0.3, 0.4) is 0 Å². The lowest BCUT2D eigenvalue weighted by molar-refractivity contribution is -0.121. The number of nitrogens with zero attached hydrogens (tertiary/aromatic N) is 4.